The third-order valence-corrected chi connectivity index (χ3v) is 3.47. The molecule has 16 heavy (non-hydrogen) atoms. The number of hydrogen-bond donors (Lipinski definition) is 1. The maximum absolute atomic E-state index is 5.18. The molecule has 96 valence electrons. The average molecular weight is 228 g/mol. The van der Waals surface area contributed by atoms with Crippen molar-refractivity contribution in [2.75, 3.05) is 39.9 Å². The lowest BCUT2D eigenvalue weighted by atomic mass is 9.88. The van der Waals surface area contributed by atoms with Crippen LogP contribution in [0.3, 0.4) is 0 Å². The average Bonchev–Trinajstić information content (AvgIpc) is 2.26. The summed E-state index contributed by atoms with van der Waals surface area (Å²) in [6, 6.07) is 0.687. The van der Waals surface area contributed by atoms with Gasteiger partial charge in [0.1, 0.15) is 0 Å². The van der Waals surface area contributed by atoms with Crippen molar-refractivity contribution in [2.24, 2.45) is 5.41 Å². The number of rotatable bonds is 6. The normalized spacial score (nSPS) is 23.6. The maximum Gasteiger partial charge on any atom is 0.0467 e. The molecule has 0 aliphatic carbocycles. The molecule has 0 bridgehead atoms. The van der Waals surface area contributed by atoms with E-state index in [0.717, 1.165) is 19.6 Å². The van der Waals surface area contributed by atoms with Crippen molar-refractivity contribution in [3.8, 4) is 0 Å². The molecule has 1 unspecified atom stereocenters. The van der Waals surface area contributed by atoms with Gasteiger partial charge in [0.05, 0.1) is 0 Å². The number of hydrogen-bond acceptors (Lipinski definition) is 3. The van der Waals surface area contributed by atoms with Crippen LogP contribution in [0.4, 0.5) is 0 Å². The number of ether oxygens (including phenoxy) is 1. The Bertz CT molecular complexity index is 194. The van der Waals surface area contributed by atoms with Gasteiger partial charge in [0.15, 0.2) is 0 Å². The van der Waals surface area contributed by atoms with Gasteiger partial charge in [-0.15, -0.1) is 0 Å². The summed E-state index contributed by atoms with van der Waals surface area (Å²) in [5.41, 5.74) is 0.367. The van der Waals surface area contributed by atoms with E-state index < -0.39 is 0 Å². The van der Waals surface area contributed by atoms with E-state index in [9.17, 15) is 0 Å². The van der Waals surface area contributed by atoms with Gasteiger partial charge in [0.2, 0.25) is 0 Å². The highest BCUT2D eigenvalue weighted by Gasteiger charge is 2.25. The van der Waals surface area contributed by atoms with Gasteiger partial charge >= 0.3 is 0 Å². The van der Waals surface area contributed by atoms with Crippen molar-refractivity contribution in [1.29, 1.82) is 0 Å². The predicted molar refractivity (Wildman–Crippen MR) is 68.8 cm³/mol. The van der Waals surface area contributed by atoms with Gasteiger partial charge in [-0.1, -0.05) is 20.8 Å². The summed E-state index contributed by atoms with van der Waals surface area (Å²) in [4.78, 5) is 2.60. The van der Waals surface area contributed by atoms with E-state index in [0.29, 0.717) is 11.5 Å². The second-order valence-electron chi connectivity index (χ2n) is 5.70. The monoisotopic (exact) mass is 228 g/mol. The molecule has 1 saturated heterocycles. The first-order chi connectivity index (χ1) is 7.57. The van der Waals surface area contributed by atoms with Crippen LogP contribution in [0.1, 0.15) is 33.6 Å². The third-order valence-electron chi connectivity index (χ3n) is 3.47. The molecule has 3 nitrogen and oxygen atoms in total. The van der Waals surface area contributed by atoms with E-state index in [-0.39, 0.29) is 0 Å². The van der Waals surface area contributed by atoms with Crippen LogP contribution in [-0.2, 0) is 4.74 Å². The summed E-state index contributed by atoms with van der Waals surface area (Å²) in [5.74, 6) is 0. The zero-order valence-electron chi connectivity index (χ0n) is 11.4. The maximum atomic E-state index is 5.18. The van der Waals surface area contributed by atoms with Gasteiger partial charge in [0.25, 0.3) is 0 Å². The summed E-state index contributed by atoms with van der Waals surface area (Å²) in [7, 11) is 1.79. The summed E-state index contributed by atoms with van der Waals surface area (Å²) in [6.07, 6.45) is 2.37. The lowest BCUT2D eigenvalue weighted by Gasteiger charge is -2.38. The zero-order chi connectivity index (χ0) is 12.0. The largest absolute Gasteiger partial charge is 0.385 e. The van der Waals surface area contributed by atoms with Crippen LogP contribution in [0.2, 0.25) is 0 Å². The van der Waals surface area contributed by atoms with E-state index >= 15 is 0 Å². The van der Waals surface area contributed by atoms with Crippen molar-refractivity contribution in [3.63, 3.8) is 0 Å². The fraction of sp³-hybridized carbons (Fsp3) is 1.00. The van der Waals surface area contributed by atoms with Gasteiger partial charge < -0.3 is 10.1 Å². The second-order valence-corrected chi connectivity index (χ2v) is 5.70. The summed E-state index contributed by atoms with van der Waals surface area (Å²) >= 11 is 0. The first kappa shape index (κ1) is 13.9. The molecule has 0 aromatic heterocycles. The summed E-state index contributed by atoms with van der Waals surface area (Å²) in [5, 5.41) is 3.56. The minimum atomic E-state index is 0.367. The van der Waals surface area contributed by atoms with Crippen LogP contribution < -0.4 is 5.32 Å². The van der Waals surface area contributed by atoms with Crippen molar-refractivity contribution >= 4 is 0 Å². The Labute approximate surface area is 101 Å². The second kappa shape index (κ2) is 6.58. The van der Waals surface area contributed by atoms with Gasteiger partial charge in [-0.3, -0.25) is 4.90 Å². The number of nitrogens with one attached hydrogen (secondary N) is 1. The van der Waals surface area contributed by atoms with Crippen LogP contribution in [0.5, 0.6) is 0 Å². The van der Waals surface area contributed by atoms with E-state index in [2.05, 4.69) is 31.0 Å². The predicted octanol–water partition coefficient (Wildman–Crippen LogP) is 1.73. The van der Waals surface area contributed by atoms with Gasteiger partial charge in [-0.2, -0.15) is 0 Å². The van der Waals surface area contributed by atoms with Crippen LogP contribution in [-0.4, -0.2) is 50.8 Å². The summed E-state index contributed by atoms with van der Waals surface area (Å²) in [6.45, 7) is 12.5. The molecule has 1 aliphatic heterocycles. The van der Waals surface area contributed by atoms with Gasteiger partial charge in [0, 0.05) is 45.9 Å². The molecule has 0 aromatic rings. The molecule has 1 atom stereocenters. The minimum Gasteiger partial charge on any atom is -0.385 e. The lowest BCUT2D eigenvalue weighted by Crippen LogP contribution is -2.52. The minimum absolute atomic E-state index is 0.367. The van der Waals surface area contributed by atoms with E-state index in [1.807, 2.05) is 0 Å². The topological polar surface area (TPSA) is 24.5 Å². The number of methoxy groups -OCH3 is 1. The Morgan fingerprint density at radius 1 is 1.44 bits per heavy atom. The van der Waals surface area contributed by atoms with Gasteiger partial charge in [-0.25, -0.2) is 0 Å². The molecule has 0 amide bonds. The molecule has 1 fully saturated rings. The Balaban J connectivity index is 2.34. The highest BCUT2D eigenvalue weighted by atomic mass is 16.5. The molecule has 3 heteroatoms. The quantitative estimate of drug-likeness (QED) is 0.749. The molecular formula is C13H28N2O. The van der Waals surface area contributed by atoms with Crippen molar-refractivity contribution < 1.29 is 4.74 Å². The highest BCUT2D eigenvalue weighted by Crippen LogP contribution is 2.22. The molecule has 1 rings (SSSR count). The van der Waals surface area contributed by atoms with E-state index in [4.69, 9.17) is 4.74 Å². The molecule has 0 saturated carbocycles. The molecule has 0 radical (unpaired) electrons. The smallest absolute Gasteiger partial charge is 0.0467 e. The number of piperazine rings is 1. The molecule has 1 aliphatic rings. The van der Waals surface area contributed by atoms with Crippen LogP contribution in [0.15, 0.2) is 0 Å². The van der Waals surface area contributed by atoms with Crippen molar-refractivity contribution in [1.82, 2.24) is 10.2 Å². The fourth-order valence-corrected chi connectivity index (χ4v) is 2.37. The highest BCUT2D eigenvalue weighted by molar-refractivity contribution is 4.81. The van der Waals surface area contributed by atoms with Crippen LogP contribution in [0.25, 0.3) is 0 Å². The number of nitrogens with zero attached hydrogens (tertiary/aromatic N) is 1. The van der Waals surface area contributed by atoms with Gasteiger partial charge in [-0.05, 0) is 18.3 Å². The Morgan fingerprint density at radius 2 is 2.19 bits per heavy atom. The molecule has 1 N–H and O–H groups in total. The van der Waals surface area contributed by atoms with E-state index in [1.165, 1.54) is 26.1 Å². The van der Waals surface area contributed by atoms with E-state index in [1.54, 1.807) is 7.11 Å². The SMILES string of the molecule is CCC1CN(CC(C)(C)CCOC)CCN1. The Kier molecular flexibility index (Phi) is 5.73. The Hall–Kier alpha value is -0.120. The Morgan fingerprint density at radius 3 is 2.81 bits per heavy atom. The lowest BCUT2D eigenvalue weighted by molar-refractivity contribution is 0.0987. The molecule has 0 spiro atoms. The first-order valence-electron chi connectivity index (χ1n) is 6.52. The van der Waals surface area contributed by atoms with Crippen molar-refractivity contribution in [2.45, 2.75) is 39.7 Å². The summed E-state index contributed by atoms with van der Waals surface area (Å²) < 4.78 is 5.18. The van der Waals surface area contributed by atoms with Crippen LogP contribution in [0, 0.1) is 5.41 Å². The third kappa shape index (κ3) is 4.81. The van der Waals surface area contributed by atoms with Crippen molar-refractivity contribution in [3.05, 3.63) is 0 Å². The van der Waals surface area contributed by atoms with Crippen LogP contribution >= 0.6 is 0 Å². The zero-order valence-corrected chi connectivity index (χ0v) is 11.4. The first-order valence-corrected chi connectivity index (χ1v) is 6.52. The standard InChI is InChI=1S/C13H28N2O/c1-5-12-10-15(8-7-14-12)11-13(2,3)6-9-16-4/h12,14H,5-11H2,1-4H3. The fourth-order valence-electron chi connectivity index (χ4n) is 2.37. The molecular weight excluding hydrogens is 200 g/mol. The molecule has 1 heterocycles. The molecule has 0 aromatic carbocycles.